The fourth-order valence-electron chi connectivity index (χ4n) is 3.82. The SMILES string of the molecule is CC(C)N(CC1CCCN(C(=O)CN(C)Cc2ccccc2)C1)C(=O)OC(C)(C)C. The van der Waals surface area contributed by atoms with Gasteiger partial charge in [0.25, 0.3) is 0 Å². The van der Waals surface area contributed by atoms with Crippen LogP contribution in [0.2, 0.25) is 0 Å². The van der Waals surface area contributed by atoms with Crippen LogP contribution in [-0.2, 0) is 16.1 Å². The number of likely N-dealkylation sites (N-methyl/N-ethyl adjacent to an activating group) is 1. The van der Waals surface area contributed by atoms with E-state index in [2.05, 4.69) is 17.0 Å². The van der Waals surface area contributed by atoms with E-state index in [0.717, 1.165) is 25.9 Å². The Kier molecular flexibility index (Phi) is 8.71. The van der Waals surface area contributed by atoms with Crippen LogP contribution in [0.5, 0.6) is 0 Å². The first-order valence-electron chi connectivity index (χ1n) is 11.0. The minimum atomic E-state index is -0.512. The van der Waals surface area contributed by atoms with Gasteiger partial charge in [0.1, 0.15) is 5.60 Å². The van der Waals surface area contributed by atoms with Gasteiger partial charge in [-0.2, -0.15) is 0 Å². The highest BCUT2D eigenvalue weighted by molar-refractivity contribution is 5.78. The quantitative estimate of drug-likeness (QED) is 0.673. The van der Waals surface area contributed by atoms with Crippen LogP contribution in [0.4, 0.5) is 4.79 Å². The fourth-order valence-corrected chi connectivity index (χ4v) is 3.82. The van der Waals surface area contributed by atoms with Gasteiger partial charge in [-0.1, -0.05) is 30.3 Å². The van der Waals surface area contributed by atoms with Crippen LogP contribution in [0.25, 0.3) is 0 Å². The molecule has 6 heteroatoms. The molecule has 0 spiro atoms. The number of carbonyl (C=O) groups excluding carboxylic acids is 2. The molecule has 6 nitrogen and oxygen atoms in total. The van der Waals surface area contributed by atoms with E-state index in [1.54, 1.807) is 4.90 Å². The average molecular weight is 418 g/mol. The number of hydrogen-bond donors (Lipinski definition) is 0. The lowest BCUT2D eigenvalue weighted by molar-refractivity contribution is -0.134. The minimum absolute atomic E-state index is 0.0583. The molecule has 0 N–H and O–H groups in total. The van der Waals surface area contributed by atoms with Crippen LogP contribution in [0.15, 0.2) is 30.3 Å². The molecule has 1 aromatic carbocycles. The van der Waals surface area contributed by atoms with Crippen LogP contribution in [0.3, 0.4) is 0 Å². The summed E-state index contributed by atoms with van der Waals surface area (Å²) in [7, 11) is 1.98. The van der Waals surface area contributed by atoms with Gasteiger partial charge >= 0.3 is 6.09 Å². The number of hydrogen-bond acceptors (Lipinski definition) is 4. The van der Waals surface area contributed by atoms with E-state index in [1.807, 2.05) is 64.8 Å². The number of benzene rings is 1. The van der Waals surface area contributed by atoms with E-state index in [1.165, 1.54) is 5.56 Å². The van der Waals surface area contributed by atoms with Crippen LogP contribution in [0.1, 0.15) is 53.0 Å². The summed E-state index contributed by atoms with van der Waals surface area (Å²) < 4.78 is 5.59. The third kappa shape index (κ3) is 7.98. The number of ether oxygens (including phenoxy) is 1. The molecule has 2 amide bonds. The van der Waals surface area contributed by atoms with Gasteiger partial charge in [0.2, 0.25) is 5.91 Å². The molecule has 1 unspecified atom stereocenters. The summed E-state index contributed by atoms with van der Waals surface area (Å²) in [6.45, 7) is 12.9. The predicted octanol–water partition coefficient (Wildman–Crippen LogP) is 4.00. The Balaban J connectivity index is 1.90. The number of carbonyl (C=O) groups is 2. The van der Waals surface area contributed by atoms with Crippen molar-refractivity contribution in [3.63, 3.8) is 0 Å². The van der Waals surface area contributed by atoms with Gasteiger partial charge in [-0.3, -0.25) is 9.69 Å². The average Bonchev–Trinajstić information content (AvgIpc) is 2.65. The molecule has 0 bridgehead atoms. The summed E-state index contributed by atoms with van der Waals surface area (Å²) in [5.74, 6) is 0.434. The normalized spacial score (nSPS) is 17.3. The zero-order valence-electron chi connectivity index (χ0n) is 19.6. The summed E-state index contributed by atoms with van der Waals surface area (Å²) in [6.07, 6.45) is 1.72. The molecule has 0 aliphatic carbocycles. The van der Waals surface area contributed by atoms with Crippen LogP contribution in [-0.4, -0.2) is 71.6 Å². The molecule has 1 saturated heterocycles. The summed E-state index contributed by atoms with van der Waals surface area (Å²) in [5, 5.41) is 0. The van der Waals surface area contributed by atoms with Gasteiger partial charge in [0, 0.05) is 32.2 Å². The van der Waals surface area contributed by atoms with E-state index in [0.29, 0.717) is 19.6 Å². The van der Waals surface area contributed by atoms with Crippen molar-refractivity contribution in [3.05, 3.63) is 35.9 Å². The molecule has 1 aliphatic rings. The Morgan fingerprint density at radius 1 is 1.20 bits per heavy atom. The Bertz CT molecular complexity index is 685. The van der Waals surface area contributed by atoms with Gasteiger partial charge in [-0.25, -0.2) is 4.79 Å². The van der Waals surface area contributed by atoms with Crippen molar-refractivity contribution in [2.45, 2.75) is 65.6 Å². The smallest absolute Gasteiger partial charge is 0.410 e. The summed E-state index contributed by atoms with van der Waals surface area (Å²) in [6, 6.07) is 10.3. The molecule has 168 valence electrons. The molecule has 0 aromatic heterocycles. The molecular formula is C24H39N3O3. The van der Waals surface area contributed by atoms with E-state index < -0.39 is 5.60 Å². The third-order valence-corrected chi connectivity index (χ3v) is 5.28. The van der Waals surface area contributed by atoms with Crippen molar-refractivity contribution in [2.75, 3.05) is 33.2 Å². The second kappa shape index (κ2) is 10.8. The molecule has 1 atom stereocenters. The minimum Gasteiger partial charge on any atom is -0.444 e. The zero-order valence-corrected chi connectivity index (χ0v) is 19.6. The standard InChI is InChI=1S/C24H39N3O3/c1-19(2)27(23(29)30-24(3,4)5)17-21-13-10-14-26(16-21)22(28)18-25(6)15-20-11-8-7-9-12-20/h7-9,11-12,19,21H,10,13-18H2,1-6H3. The molecular weight excluding hydrogens is 378 g/mol. The Morgan fingerprint density at radius 3 is 2.47 bits per heavy atom. The second-order valence-corrected chi connectivity index (χ2v) is 9.73. The maximum Gasteiger partial charge on any atom is 0.410 e. The molecule has 1 heterocycles. The van der Waals surface area contributed by atoms with Crippen LogP contribution in [0, 0.1) is 5.92 Å². The topological polar surface area (TPSA) is 53.1 Å². The molecule has 0 saturated carbocycles. The molecule has 1 aromatic rings. The summed E-state index contributed by atoms with van der Waals surface area (Å²) >= 11 is 0. The van der Waals surface area contributed by atoms with Gasteiger partial charge in [0.15, 0.2) is 0 Å². The van der Waals surface area contributed by atoms with E-state index in [-0.39, 0.29) is 24.0 Å². The van der Waals surface area contributed by atoms with Crippen LogP contribution >= 0.6 is 0 Å². The van der Waals surface area contributed by atoms with Crippen molar-refractivity contribution < 1.29 is 14.3 Å². The van der Waals surface area contributed by atoms with Gasteiger partial charge in [-0.15, -0.1) is 0 Å². The lowest BCUT2D eigenvalue weighted by Crippen LogP contribution is -2.49. The maximum absolute atomic E-state index is 12.9. The Hall–Kier alpha value is -2.08. The molecule has 1 aliphatic heterocycles. The van der Waals surface area contributed by atoms with E-state index >= 15 is 0 Å². The second-order valence-electron chi connectivity index (χ2n) is 9.73. The highest BCUT2D eigenvalue weighted by Crippen LogP contribution is 2.21. The van der Waals surface area contributed by atoms with E-state index in [4.69, 9.17) is 4.74 Å². The van der Waals surface area contributed by atoms with Gasteiger partial charge in [0.05, 0.1) is 6.54 Å². The molecule has 30 heavy (non-hydrogen) atoms. The maximum atomic E-state index is 12.9. The first kappa shape index (κ1) is 24.2. The third-order valence-electron chi connectivity index (χ3n) is 5.28. The van der Waals surface area contributed by atoms with E-state index in [9.17, 15) is 9.59 Å². The number of nitrogens with zero attached hydrogens (tertiary/aromatic N) is 3. The Morgan fingerprint density at radius 2 is 1.87 bits per heavy atom. The number of likely N-dealkylation sites (tertiary alicyclic amines) is 1. The van der Waals surface area contributed by atoms with Crippen molar-refractivity contribution >= 4 is 12.0 Å². The van der Waals surface area contributed by atoms with Crippen molar-refractivity contribution in [2.24, 2.45) is 5.92 Å². The largest absolute Gasteiger partial charge is 0.444 e. The number of rotatable bonds is 7. The molecule has 1 fully saturated rings. The highest BCUT2D eigenvalue weighted by Gasteiger charge is 2.30. The molecule has 0 radical (unpaired) electrons. The summed E-state index contributed by atoms with van der Waals surface area (Å²) in [5.41, 5.74) is 0.691. The van der Waals surface area contributed by atoms with Crippen molar-refractivity contribution in [3.8, 4) is 0 Å². The van der Waals surface area contributed by atoms with Crippen molar-refractivity contribution in [1.82, 2.24) is 14.7 Å². The highest BCUT2D eigenvalue weighted by atomic mass is 16.6. The fraction of sp³-hybridized carbons (Fsp3) is 0.667. The van der Waals surface area contributed by atoms with Gasteiger partial charge in [-0.05, 0) is 66.0 Å². The van der Waals surface area contributed by atoms with Crippen LogP contribution < -0.4 is 0 Å². The summed E-state index contributed by atoms with van der Waals surface area (Å²) in [4.78, 5) is 31.3. The lowest BCUT2D eigenvalue weighted by atomic mass is 9.97. The lowest BCUT2D eigenvalue weighted by Gasteiger charge is -2.38. The molecule has 2 rings (SSSR count). The first-order valence-corrected chi connectivity index (χ1v) is 11.0. The first-order chi connectivity index (χ1) is 14.0. The predicted molar refractivity (Wildman–Crippen MR) is 120 cm³/mol. The Labute approximate surface area is 182 Å². The van der Waals surface area contributed by atoms with Crippen molar-refractivity contribution in [1.29, 1.82) is 0 Å². The van der Waals surface area contributed by atoms with Gasteiger partial charge < -0.3 is 14.5 Å². The number of piperidine rings is 1. The monoisotopic (exact) mass is 417 g/mol. The zero-order chi connectivity index (χ0) is 22.3. The number of amides is 2.